The lowest BCUT2D eigenvalue weighted by atomic mass is 10.2. The Morgan fingerprint density at radius 2 is 2.16 bits per heavy atom. The average molecular weight is 261 g/mol. The number of nitrogens with one attached hydrogen (secondary N) is 1. The van der Waals surface area contributed by atoms with Crippen LogP contribution in [0.5, 0.6) is 5.75 Å². The van der Waals surface area contributed by atoms with E-state index in [-0.39, 0.29) is 5.75 Å². The fourth-order valence-corrected chi connectivity index (χ4v) is 1.69. The third-order valence-electron chi connectivity index (χ3n) is 2.68. The third kappa shape index (κ3) is 3.26. The summed E-state index contributed by atoms with van der Waals surface area (Å²) in [6.45, 7) is 3.60. The first-order valence-electron chi connectivity index (χ1n) is 6.11. The number of hydrogen-bond acceptors (Lipinski definition) is 4. The van der Waals surface area contributed by atoms with Crippen molar-refractivity contribution in [1.82, 2.24) is 15.3 Å². The van der Waals surface area contributed by atoms with Crippen molar-refractivity contribution in [2.45, 2.75) is 13.5 Å². The molecular formula is C14H16FN3O. The van der Waals surface area contributed by atoms with Crippen LogP contribution in [0.25, 0.3) is 11.4 Å². The standard InChI is InChI=1S/C14H16FN3O/c1-3-16-9-11-6-7-17-14(18-11)10-4-5-12(15)13(8-10)19-2/h4-8,16H,3,9H2,1-2H3. The molecule has 1 aromatic heterocycles. The molecule has 0 aliphatic carbocycles. The van der Waals surface area contributed by atoms with Gasteiger partial charge in [0, 0.05) is 18.3 Å². The van der Waals surface area contributed by atoms with Gasteiger partial charge in [-0.2, -0.15) is 0 Å². The first kappa shape index (κ1) is 13.4. The van der Waals surface area contributed by atoms with Crippen molar-refractivity contribution < 1.29 is 9.13 Å². The minimum atomic E-state index is -0.393. The largest absolute Gasteiger partial charge is 0.494 e. The van der Waals surface area contributed by atoms with Gasteiger partial charge in [-0.1, -0.05) is 6.92 Å². The number of benzene rings is 1. The summed E-state index contributed by atoms with van der Waals surface area (Å²) in [5, 5.41) is 3.20. The Hall–Kier alpha value is -2.01. The van der Waals surface area contributed by atoms with Gasteiger partial charge < -0.3 is 10.1 Å². The van der Waals surface area contributed by atoms with E-state index >= 15 is 0 Å². The predicted molar refractivity (Wildman–Crippen MR) is 71.4 cm³/mol. The molecule has 0 spiro atoms. The molecule has 0 saturated heterocycles. The molecule has 5 heteroatoms. The van der Waals surface area contributed by atoms with Crippen molar-refractivity contribution in [3.63, 3.8) is 0 Å². The minimum absolute atomic E-state index is 0.193. The summed E-state index contributed by atoms with van der Waals surface area (Å²) in [5.41, 5.74) is 1.63. The number of hydrogen-bond donors (Lipinski definition) is 1. The highest BCUT2D eigenvalue weighted by Gasteiger charge is 2.07. The topological polar surface area (TPSA) is 47.0 Å². The van der Waals surface area contributed by atoms with Crippen molar-refractivity contribution in [2.75, 3.05) is 13.7 Å². The minimum Gasteiger partial charge on any atom is -0.494 e. The number of methoxy groups -OCH3 is 1. The van der Waals surface area contributed by atoms with E-state index < -0.39 is 5.82 Å². The Bertz CT molecular complexity index is 560. The maximum absolute atomic E-state index is 13.4. The quantitative estimate of drug-likeness (QED) is 0.897. The molecule has 0 bridgehead atoms. The average Bonchev–Trinajstić information content (AvgIpc) is 2.46. The predicted octanol–water partition coefficient (Wildman–Crippen LogP) is 2.40. The van der Waals surface area contributed by atoms with Crippen LogP contribution in [0.1, 0.15) is 12.6 Å². The van der Waals surface area contributed by atoms with Gasteiger partial charge in [0.15, 0.2) is 17.4 Å². The van der Waals surface area contributed by atoms with Gasteiger partial charge in [-0.3, -0.25) is 0 Å². The number of rotatable bonds is 5. The highest BCUT2D eigenvalue weighted by atomic mass is 19.1. The Kier molecular flexibility index (Phi) is 4.41. The smallest absolute Gasteiger partial charge is 0.165 e. The molecule has 100 valence electrons. The molecule has 0 aliphatic rings. The molecule has 0 atom stereocenters. The molecule has 0 aliphatic heterocycles. The van der Waals surface area contributed by atoms with Crippen LogP contribution in [-0.4, -0.2) is 23.6 Å². The van der Waals surface area contributed by atoms with Crippen molar-refractivity contribution >= 4 is 0 Å². The Labute approximate surface area is 111 Å². The van der Waals surface area contributed by atoms with Gasteiger partial charge in [-0.25, -0.2) is 14.4 Å². The van der Waals surface area contributed by atoms with Crippen molar-refractivity contribution in [3.8, 4) is 17.1 Å². The second-order valence-electron chi connectivity index (χ2n) is 4.00. The van der Waals surface area contributed by atoms with E-state index in [0.29, 0.717) is 12.4 Å². The molecular weight excluding hydrogens is 245 g/mol. The van der Waals surface area contributed by atoms with E-state index in [4.69, 9.17) is 4.74 Å². The zero-order chi connectivity index (χ0) is 13.7. The molecule has 1 heterocycles. The van der Waals surface area contributed by atoms with Gasteiger partial charge >= 0.3 is 0 Å². The summed E-state index contributed by atoms with van der Waals surface area (Å²) in [6, 6.07) is 6.45. The SMILES string of the molecule is CCNCc1ccnc(-c2ccc(F)c(OC)c2)n1. The van der Waals surface area contributed by atoms with Crippen LogP contribution in [0.4, 0.5) is 4.39 Å². The van der Waals surface area contributed by atoms with Crippen LogP contribution < -0.4 is 10.1 Å². The third-order valence-corrected chi connectivity index (χ3v) is 2.68. The molecule has 0 saturated carbocycles. The maximum Gasteiger partial charge on any atom is 0.165 e. The molecule has 0 amide bonds. The van der Waals surface area contributed by atoms with E-state index in [0.717, 1.165) is 17.8 Å². The molecule has 1 aromatic carbocycles. The molecule has 4 nitrogen and oxygen atoms in total. The first-order chi connectivity index (χ1) is 9.24. The van der Waals surface area contributed by atoms with Crippen LogP contribution in [0.3, 0.4) is 0 Å². The molecule has 19 heavy (non-hydrogen) atoms. The normalized spacial score (nSPS) is 10.5. The van der Waals surface area contributed by atoms with Crippen molar-refractivity contribution in [1.29, 1.82) is 0 Å². The fraction of sp³-hybridized carbons (Fsp3) is 0.286. The number of ether oxygens (including phenoxy) is 1. The molecule has 0 unspecified atom stereocenters. The Morgan fingerprint density at radius 1 is 1.32 bits per heavy atom. The summed E-state index contributed by atoms with van der Waals surface area (Å²) in [5.74, 6) is 0.363. The van der Waals surface area contributed by atoms with Crippen LogP contribution in [-0.2, 0) is 6.54 Å². The molecule has 0 radical (unpaired) electrons. The van der Waals surface area contributed by atoms with Gasteiger partial charge in [0.2, 0.25) is 0 Å². The van der Waals surface area contributed by atoms with Crippen LogP contribution >= 0.6 is 0 Å². The second kappa shape index (κ2) is 6.24. The number of nitrogens with zero attached hydrogens (tertiary/aromatic N) is 2. The first-order valence-corrected chi connectivity index (χ1v) is 6.11. The van der Waals surface area contributed by atoms with Crippen molar-refractivity contribution in [2.24, 2.45) is 0 Å². The summed E-state index contributed by atoms with van der Waals surface area (Å²) < 4.78 is 18.3. The highest BCUT2D eigenvalue weighted by molar-refractivity contribution is 5.57. The fourth-order valence-electron chi connectivity index (χ4n) is 1.69. The number of aromatic nitrogens is 2. The summed E-state index contributed by atoms with van der Waals surface area (Å²) in [6.07, 6.45) is 1.70. The van der Waals surface area contributed by atoms with Gasteiger partial charge in [0.25, 0.3) is 0 Å². The highest BCUT2D eigenvalue weighted by Crippen LogP contribution is 2.23. The van der Waals surface area contributed by atoms with E-state index in [1.54, 1.807) is 18.3 Å². The maximum atomic E-state index is 13.4. The van der Waals surface area contributed by atoms with Gasteiger partial charge in [0.1, 0.15) is 0 Å². The van der Waals surface area contributed by atoms with E-state index in [9.17, 15) is 4.39 Å². The Balaban J connectivity index is 2.30. The lowest BCUT2D eigenvalue weighted by Crippen LogP contribution is -2.13. The molecule has 0 fully saturated rings. The van der Waals surface area contributed by atoms with Gasteiger partial charge in [-0.05, 0) is 30.8 Å². The Morgan fingerprint density at radius 3 is 2.89 bits per heavy atom. The van der Waals surface area contributed by atoms with Crippen LogP contribution in [0, 0.1) is 5.82 Å². The van der Waals surface area contributed by atoms with Crippen LogP contribution in [0.15, 0.2) is 30.5 Å². The van der Waals surface area contributed by atoms with E-state index in [2.05, 4.69) is 15.3 Å². The molecule has 1 N–H and O–H groups in total. The lowest BCUT2D eigenvalue weighted by Gasteiger charge is -2.06. The second-order valence-corrected chi connectivity index (χ2v) is 4.00. The molecule has 2 rings (SSSR count). The monoisotopic (exact) mass is 261 g/mol. The zero-order valence-corrected chi connectivity index (χ0v) is 11.0. The van der Waals surface area contributed by atoms with Gasteiger partial charge in [-0.15, -0.1) is 0 Å². The summed E-state index contributed by atoms with van der Waals surface area (Å²) in [4.78, 5) is 8.64. The number of halogens is 1. The van der Waals surface area contributed by atoms with Crippen LogP contribution in [0.2, 0.25) is 0 Å². The van der Waals surface area contributed by atoms with E-state index in [1.165, 1.54) is 13.2 Å². The van der Waals surface area contributed by atoms with E-state index in [1.807, 2.05) is 13.0 Å². The van der Waals surface area contributed by atoms with Gasteiger partial charge in [0.05, 0.1) is 12.8 Å². The lowest BCUT2D eigenvalue weighted by molar-refractivity contribution is 0.386. The summed E-state index contributed by atoms with van der Waals surface area (Å²) in [7, 11) is 1.44. The zero-order valence-electron chi connectivity index (χ0n) is 11.0. The summed E-state index contributed by atoms with van der Waals surface area (Å²) >= 11 is 0. The molecule has 2 aromatic rings. The van der Waals surface area contributed by atoms with Crippen molar-refractivity contribution in [3.05, 3.63) is 42.0 Å².